The molecule has 3 heterocycles. The van der Waals surface area contributed by atoms with E-state index < -0.39 is 0 Å². The summed E-state index contributed by atoms with van der Waals surface area (Å²) in [6.45, 7) is 0. The van der Waals surface area contributed by atoms with Crippen LogP contribution in [0.2, 0.25) is 0 Å². The van der Waals surface area contributed by atoms with Gasteiger partial charge in [-0.2, -0.15) is 5.10 Å². The maximum Gasteiger partial charge on any atom is 0.267 e. The molecule has 0 aliphatic carbocycles. The number of carbonyl (C=O) groups is 1. The summed E-state index contributed by atoms with van der Waals surface area (Å²) in [5, 5.41) is 12.8. The van der Waals surface area contributed by atoms with Crippen LogP contribution in [0.4, 0.5) is 0 Å². The molecule has 8 heteroatoms. The molecule has 1 unspecified atom stereocenters. The minimum absolute atomic E-state index is 0.0597. The first-order chi connectivity index (χ1) is 12.2. The second-order valence-electron chi connectivity index (χ2n) is 5.28. The normalized spacial score (nSPS) is 16.9. The molecule has 4 rings (SSSR count). The Bertz CT molecular complexity index is 937. The Balaban J connectivity index is 1.47. The summed E-state index contributed by atoms with van der Waals surface area (Å²) < 4.78 is 0.0597. The van der Waals surface area contributed by atoms with Gasteiger partial charge in [0, 0.05) is 23.5 Å². The van der Waals surface area contributed by atoms with E-state index in [2.05, 4.69) is 21.5 Å². The summed E-state index contributed by atoms with van der Waals surface area (Å²) in [7, 11) is 1.92. The number of rotatable bonds is 3. The number of hydrogen-bond acceptors (Lipinski definition) is 7. The van der Waals surface area contributed by atoms with Crippen molar-refractivity contribution in [3.63, 3.8) is 0 Å². The Hall–Kier alpha value is -2.03. The summed E-state index contributed by atoms with van der Waals surface area (Å²) in [6, 6.07) is 13.8. The predicted octanol–water partition coefficient (Wildman–Crippen LogP) is 4.05. The molecule has 0 saturated carbocycles. The van der Waals surface area contributed by atoms with Crippen LogP contribution < -0.4 is 5.32 Å². The first-order valence-corrected chi connectivity index (χ1v) is 10.2. The number of hydrogen-bond donors (Lipinski definition) is 1. The Morgan fingerprint density at radius 1 is 1.24 bits per heavy atom. The van der Waals surface area contributed by atoms with Crippen molar-refractivity contribution in [3.05, 3.63) is 58.9 Å². The van der Waals surface area contributed by atoms with Gasteiger partial charge in [0.25, 0.3) is 5.91 Å². The zero-order valence-corrected chi connectivity index (χ0v) is 15.7. The molecule has 0 fully saturated rings. The van der Waals surface area contributed by atoms with Crippen molar-refractivity contribution in [2.24, 2.45) is 5.10 Å². The zero-order chi connectivity index (χ0) is 17.2. The van der Waals surface area contributed by atoms with Crippen molar-refractivity contribution in [3.8, 4) is 0 Å². The Morgan fingerprint density at radius 3 is 2.96 bits per heavy atom. The van der Waals surface area contributed by atoms with E-state index in [0.29, 0.717) is 10.0 Å². The number of pyridine rings is 1. The molecule has 25 heavy (non-hydrogen) atoms. The van der Waals surface area contributed by atoms with E-state index in [1.165, 1.54) is 23.1 Å². The lowest BCUT2D eigenvalue weighted by Gasteiger charge is -2.17. The molecule has 3 aromatic rings. The number of para-hydroxylation sites is 1. The third kappa shape index (κ3) is 3.51. The molecule has 1 atom stereocenters. The van der Waals surface area contributed by atoms with E-state index in [-0.39, 0.29) is 10.6 Å². The van der Waals surface area contributed by atoms with Crippen LogP contribution in [0.5, 0.6) is 0 Å². The molecule has 1 aliphatic heterocycles. The topological polar surface area (TPSA) is 57.6 Å². The summed E-state index contributed by atoms with van der Waals surface area (Å²) in [5.41, 5.74) is 0.977. The van der Waals surface area contributed by atoms with Crippen LogP contribution in [-0.4, -0.2) is 32.8 Å². The third-order valence-electron chi connectivity index (χ3n) is 3.57. The number of fused-ring (bicyclic) bond motifs is 1. The largest absolute Gasteiger partial charge is 0.299 e. The highest BCUT2D eigenvalue weighted by Crippen LogP contribution is 2.39. The second kappa shape index (κ2) is 7.07. The number of aromatic nitrogens is 1. The standard InChI is InChI=1S/C17H14N4OS3/c1-21-17(24-13-8-9-18-12-6-3-2-5-11(12)13)25-16(20-21)19-15(22)14-7-4-10-23-14/h2-10,17H,1H3,(H,19,20,22). The van der Waals surface area contributed by atoms with Crippen LogP contribution in [-0.2, 0) is 0 Å². The van der Waals surface area contributed by atoms with Crippen molar-refractivity contribution in [1.82, 2.24) is 15.3 Å². The fourth-order valence-corrected chi connectivity index (χ4v) is 5.36. The molecule has 2 aromatic heterocycles. The van der Waals surface area contributed by atoms with Gasteiger partial charge in [0.15, 0.2) is 5.17 Å². The number of amides is 1. The minimum Gasteiger partial charge on any atom is -0.299 e. The Kier molecular flexibility index (Phi) is 4.65. The molecule has 1 aliphatic rings. The van der Waals surface area contributed by atoms with Gasteiger partial charge in [0.2, 0.25) is 0 Å². The van der Waals surface area contributed by atoms with E-state index in [1.807, 2.05) is 54.0 Å². The van der Waals surface area contributed by atoms with Gasteiger partial charge >= 0.3 is 0 Å². The smallest absolute Gasteiger partial charge is 0.267 e. The molecule has 1 N–H and O–H groups in total. The number of amidine groups is 1. The monoisotopic (exact) mass is 386 g/mol. The number of hydrazone groups is 1. The molecule has 0 spiro atoms. The van der Waals surface area contributed by atoms with Crippen molar-refractivity contribution in [2.45, 2.75) is 9.60 Å². The molecule has 0 bridgehead atoms. The van der Waals surface area contributed by atoms with Crippen LogP contribution in [0.25, 0.3) is 10.9 Å². The van der Waals surface area contributed by atoms with Gasteiger partial charge in [-0.05, 0) is 35.3 Å². The first kappa shape index (κ1) is 16.4. The van der Waals surface area contributed by atoms with E-state index in [9.17, 15) is 4.79 Å². The van der Waals surface area contributed by atoms with Crippen LogP contribution in [0, 0.1) is 0 Å². The lowest BCUT2D eigenvalue weighted by Crippen LogP contribution is -2.26. The highest BCUT2D eigenvalue weighted by Gasteiger charge is 2.27. The van der Waals surface area contributed by atoms with Crippen molar-refractivity contribution in [1.29, 1.82) is 0 Å². The molecule has 126 valence electrons. The maximum atomic E-state index is 12.2. The lowest BCUT2D eigenvalue weighted by atomic mass is 10.2. The van der Waals surface area contributed by atoms with Crippen LogP contribution in [0.15, 0.2) is 64.0 Å². The Labute approximate surface area is 157 Å². The van der Waals surface area contributed by atoms with Gasteiger partial charge in [0.1, 0.15) is 4.71 Å². The highest BCUT2D eigenvalue weighted by molar-refractivity contribution is 8.25. The van der Waals surface area contributed by atoms with Crippen molar-refractivity contribution in [2.75, 3.05) is 7.05 Å². The van der Waals surface area contributed by atoms with E-state index >= 15 is 0 Å². The van der Waals surface area contributed by atoms with Crippen molar-refractivity contribution < 1.29 is 4.79 Å². The SMILES string of the molecule is CN1N=C(NC(=O)c2cccs2)SC1Sc1ccnc2ccccc12. The number of carbonyl (C=O) groups excluding carboxylic acids is 1. The average molecular weight is 387 g/mol. The lowest BCUT2D eigenvalue weighted by molar-refractivity contribution is 0.0981. The molecule has 0 saturated heterocycles. The van der Waals surface area contributed by atoms with Gasteiger partial charge in [-0.15, -0.1) is 11.3 Å². The highest BCUT2D eigenvalue weighted by atomic mass is 32.2. The maximum absolute atomic E-state index is 12.2. The minimum atomic E-state index is -0.116. The van der Waals surface area contributed by atoms with Crippen LogP contribution in [0.3, 0.4) is 0 Å². The second-order valence-corrected chi connectivity index (χ2v) is 8.72. The fraction of sp³-hybridized carbons (Fsp3) is 0.118. The average Bonchev–Trinajstić information content (AvgIpc) is 3.26. The van der Waals surface area contributed by atoms with Gasteiger partial charge in [0.05, 0.1) is 10.4 Å². The molecule has 0 radical (unpaired) electrons. The zero-order valence-electron chi connectivity index (χ0n) is 13.2. The number of benzene rings is 1. The van der Waals surface area contributed by atoms with Crippen LogP contribution in [0.1, 0.15) is 9.67 Å². The van der Waals surface area contributed by atoms with Gasteiger partial charge in [-0.25, -0.2) is 0 Å². The van der Waals surface area contributed by atoms with E-state index in [0.717, 1.165) is 15.8 Å². The number of nitrogens with one attached hydrogen (secondary N) is 1. The number of nitrogens with zero attached hydrogens (tertiary/aromatic N) is 3. The van der Waals surface area contributed by atoms with E-state index in [1.54, 1.807) is 17.8 Å². The summed E-state index contributed by atoms with van der Waals surface area (Å²) in [5.74, 6) is -0.116. The summed E-state index contributed by atoms with van der Waals surface area (Å²) >= 11 is 4.66. The quantitative estimate of drug-likeness (QED) is 0.736. The molecule has 1 aromatic carbocycles. The van der Waals surface area contributed by atoms with Gasteiger partial charge in [-0.3, -0.25) is 20.1 Å². The Morgan fingerprint density at radius 2 is 2.12 bits per heavy atom. The summed E-state index contributed by atoms with van der Waals surface area (Å²) in [4.78, 5) is 18.4. The van der Waals surface area contributed by atoms with Crippen LogP contribution >= 0.6 is 34.9 Å². The first-order valence-electron chi connectivity index (χ1n) is 7.54. The number of thiophene rings is 1. The predicted molar refractivity (Wildman–Crippen MR) is 106 cm³/mol. The molecular formula is C17H14N4OS3. The molecule has 5 nitrogen and oxygen atoms in total. The van der Waals surface area contributed by atoms with E-state index in [4.69, 9.17) is 0 Å². The van der Waals surface area contributed by atoms with Gasteiger partial charge < -0.3 is 0 Å². The van der Waals surface area contributed by atoms with Crippen molar-refractivity contribution >= 4 is 56.8 Å². The third-order valence-corrected chi connectivity index (χ3v) is 7.04. The fourth-order valence-electron chi connectivity index (χ4n) is 2.39. The summed E-state index contributed by atoms with van der Waals surface area (Å²) in [6.07, 6.45) is 1.82. The molecular weight excluding hydrogens is 372 g/mol. The molecule has 1 amide bonds. The number of thioether (sulfide) groups is 2. The van der Waals surface area contributed by atoms with Gasteiger partial charge in [-0.1, -0.05) is 36.0 Å².